The number of anilines is 2. The number of rotatable bonds is 7. The van der Waals surface area contributed by atoms with Crippen LogP contribution in [0, 0.1) is 0 Å². The molecule has 3 aromatic carbocycles. The standard InChI is InChI=1S/C29H24N4O4/c1-36-25-17-23(26(37-2)16-22(25)31-28(34)20-11-7-4-8-12-20)32-29(35)21-13-14-33-18-24(30-27(33)15-21)19-9-5-3-6-10-19/h3-18H,1-2H3,(H,31,34)(H,32,35). The van der Waals surface area contributed by atoms with E-state index >= 15 is 0 Å². The molecule has 2 N–H and O–H groups in total. The largest absolute Gasteiger partial charge is 0.494 e. The Labute approximate surface area is 213 Å². The first-order chi connectivity index (χ1) is 18.1. The molecule has 2 aromatic heterocycles. The van der Waals surface area contributed by atoms with Crippen LogP contribution in [0.2, 0.25) is 0 Å². The van der Waals surface area contributed by atoms with Gasteiger partial charge in [0.1, 0.15) is 17.1 Å². The van der Waals surface area contributed by atoms with Gasteiger partial charge < -0.3 is 24.5 Å². The van der Waals surface area contributed by atoms with Crippen LogP contribution in [0.3, 0.4) is 0 Å². The van der Waals surface area contributed by atoms with E-state index in [1.165, 1.54) is 14.2 Å². The number of imidazole rings is 1. The maximum Gasteiger partial charge on any atom is 0.255 e. The second kappa shape index (κ2) is 10.2. The number of hydrogen-bond acceptors (Lipinski definition) is 5. The van der Waals surface area contributed by atoms with Crippen LogP contribution in [-0.2, 0) is 0 Å². The molecule has 5 rings (SSSR count). The van der Waals surface area contributed by atoms with Gasteiger partial charge in [0.2, 0.25) is 0 Å². The molecular weight excluding hydrogens is 468 g/mol. The minimum absolute atomic E-state index is 0.291. The molecule has 0 spiro atoms. The number of benzene rings is 3. The highest BCUT2D eigenvalue weighted by molar-refractivity contribution is 6.07. The highest BCUT2D eigenvalue weighted by atomic mass is 16.5. The zero-order chi connectivity index (χ0) is 25.8. The summed E-state index contributed by atoms with van der Waals surface area (Å²) < 4.78 is 12.8. The molecule has 184 valence electrons. The zero-order valence-corrected chi connectivity index (χ0v) is 20.3. The average molecular weight is 493 g/mol. The zero-order valence-electron chi connectivity index (χ0n) is 20.3. The number of carbonyl (C=O) groups excluding carboxylic acids is 2. The van der Waals surface area contributed by atoms with Gasteiger partial charge in [-0.15, -0.1) is 0 Å². The van der Waals surface area contributed by atoms with Crippen molar-refractivity contribution in [2.45, 2.75) is 0 Å². The number of aromatic nitrogens is 2. The summed E-state index contributed by atoms with van der Waals surface area (Å²) in [7, 11) is 2.98. The quantitative estimate of drug-likeness (QED) is 0.312. The fourth-order valence-corrected chi connectivity index (χ4v) is 3.94. The van der Waals surface area contributed by atoms with Crippen molar-refractivity contribution >= 4 is 28.8 Å². The third-order valence-electron chi connectivity index (χ3n) is 5.85. The van der Waals surface area contributed by atoms with Gasteiger partial charge in [0.25, 0.3) is 11.8 Å². The van der Waals surface area contributed by atoms with Gasteiger partial charge in [0.05, 0.1) is 31.3 Å². The van der Waals surface area contributed by atoms with E-state index in [-0.39, 0.29) is 11.8 Å². The Morgan fingerprint density at radius 2 is 1.30 bits per heavy atom. The predicted molar refractivity (Wildman–Crippen MR) is 143 cm³/mol. The molecule has 0 atom stereocenters. The normalized spacial score (nSPS) is 10.6. The van der Waals surface area contributed by atoms with Crippen LogP contribution in [0.1, 0.15) is 20.7 Å². The summed E-state index contributed by atoms with van der Waals surface area (Å²) in [6.45, 7) is 0. The van der Waals surface area contributed by atoms with Gasteiger partial charge in [0, 0.05) is 41.2 Å². The molecule has 0 bridgehead atoms. The second-order valence-electron chi connectivity index (χ2n) is 8.20. The van der Waals surface area contributed by atoms with Crippen molar-refractivity contribution in [3.05, 3.63) is 108 Å². The third kappa shape index (κ3) is 4.99. The Hall–Kier alpha value is -5.11. The summed E-state index contributed by atoms with van der Waals surface area (Å²) in [5.74, 6) is 0.108. The fourth-order valence-electron chi connectivity index (χ4n) is 3.94. The molecule has 37 heavy (non-hydrogen) atoms. The van der Waals surface area contributed by atoms with Gasteiger partial charge in [-0.2, -0.15) is 0 Å². The molecule has 0 fully saturated rings. The van der Waals surface area contributed by atoms with Crippen molar-refractivity contribution in [2.75, 3.05) is 24.9 Å². The Morgan fingerprint density at radius 1 is 0.730 bits per heavy atom. The van der Waals surface area contributed by atoms with Crippen LogP contribution < -0.4 is 20.1 Å². The molecule has 0 aliphatic carbocycles. The van der Waals surface area contributed by atoms with Gasteiger partial charge >= 0.3 is 0 Å². The summed E-state index contributed by atoms with van der Waals surface area (Å²) in [6, 6.07) is 25.3. The van der Waals surface area contributed by atoms with Crippen LogP contribution in [0.4, 0.5) is 11.4 Å². The van der Waals surface area contributed by atoms with Gasteiger partial charge in [-0.05, 0) is 24.3 Å². The molecule has 0 saturated carbocycles. The average Bonchev–Trinajstić information content (AvgIpc) is 3.38. The Balaban J connectivity index is 1.39. The number of pyridine rings is 1. The monoisotopic (exact) mass is 492 g/mol. The van der Waals surface area contributed by atoms with E-state index in [1.54, 1.807) is 54.7 Å². The highest BCUT2D eigenvalue weighted by Gasteiger charge is 2.17. The van der Waals surface area contributed by atoms with E-state index in [4.69, 9.17) is 9.47 Å². The molecule has 0 radical (unpaired) electrons. The lowest BCUT2D eigenvalue weighted by molar-refractivity contribution is 0.101. The molecule has 2 heterocycles. The van der Waals surface area contributed by atoms with Crippen molar-refractivity contribution in [2.24, 2.45) is 0 Å². The molecule has 5 aromatic rings. The lowest BCUT2D eigenvalue weighted by Gasteiger charge is -2.16. The maximum absolute atomic E-state index is 13.1. The van der Waals surface area contributed by atoms with E-state index in [9.17, 15) is 9.59 Å². The number of nitrogens with zero attached hydrogens (tertiary/aromatic N) is 2. The first kappa shape index (κ1) is 23.6. The summed E-state index contributed by atoms with van der Waals surface area (Å²) >= 11 is 0. The Bertz CT molecular complexity index is 1580. The van der Waals surface area contributed by atoms with Gasteiger partial charge in [-0.1, -0.05) is 48.5 Å². The van der Waals surface area contributed by atoms with Crippen LogP contribution >= 0.6 is 0 Å². The van der Waals surface area contributed by atoms with Crippen molar-refractivity contribution in [1.82, 2.24) is 9.38 Å². The van der Waals surface area contributed by atoms with Crippen LogP contribution in [0.5, 0.6) is 11.5 Å². The number of hydrogen-bond donors (Lipinski definition) is 2. The van der Waals surface area contributed by atoms with Crippen molar-refractivity contribution in [3.63, 3.8) is 0 Å². The number of nitrogens with one attached hydrogen (secondary N) is 2. The number of carbonyl (C=O) groups is 2. The summed E-state index contributed by atoms with van der Waals surface area (Å²) in [6.07, 6.45) is 3.71. The fraction of sp³-hybridized carbons (Fsp3) is 0.0690. The van der Waals surface area contributed by atoms with Crippen molar-refractivity contribution < 1.29 is 19.1 Å². The number of methoxy groups -OCH3 is 2. The van der Waals surface area contributed by atoms with Gasteiger partial charge in [-0.3, -0.25) is 9.59 Å². The number of ether oxygens (including phenoxy) is 2. The van der Waals surface area contributed by atoms with E-state index in [2.05, 4.69) is 15.6 Å². The number of amides is 2. The number of fused-ring (bicyclic) bond motifs is 1. The van der Waals surface area contributed by atoms with Crippen molar-refractivity contribution in [1.29, 1.82) is 0 Å². The SMILES string of the molecule is COc1cc(NC(=O)c2ccn3cc(-c4ccccc4)nc3c2)c(OC)cc1NC(=O)c1ccccc1. The minimum Gasteiger partial charge on any atom is -0.494 e. The van der Waals surface area contributed by atoms with Crippen LogP contribution in [0.15, 0.2) is 97.3 Å². The second-order valence-corrected chi connectivity index (χ2v) is 8.20. The predicted octanol–water partition coefficient (Wildman–Crippen LogP) is 5.52. The minimum atomic E-state index is -0.340. The topological polar surface area (TPSA) is 94.0 Å². The molecule has 0 aliphatic rings. The molecular formula is C29H24N4O4. The summed E-state index contributed by atoms with van der Waals surface area (Å²) in [5, 5.41) is 5.71. The molecule has 8 nitrogen and oxygen atoms in total. The van der Waals surface area contributed by atoms with E-state index in [0.717, 1.165) is 11.3 Å². The van der Waals surface area contributed by atoms with Crippen molar-refractivity contribution in [3.8, 4) is 22.8 Å². The van der Waals surface area contributed by atoms with Gasteiger partial charge in [0.15, 0.2) is 0 Å². The van der Waals surface area contributed by atoms with Crippen LogP contribution in [0.25, 0.3) is 16.9 Å². The summed E-state index contributed by atoms with van der Waals surface area (Å²) in [5.41, 5.74) is 4.21. The Kier molecular flexibility index (Phi) is 6.54. The molecule has 2 amide bonds. The first-order valence-corrected chi connectivity index (χ1v) is 11.5. The first-order valence-electron chi connectivity index (χ1n) is 11.5. The molecule has 8 heteroatoms. The lowest BCUT2D eigenvalue weighted by atomic mass is 10.2. The van der Waals surface area contributed by atoms with E-state index in [1.807, 2.05) is 47.0 Å². The maximum atomic E-state index is 13.1. The van der Waals surface area contributed by atoms with E-state index in [0.29, 0.717) is 39.6 Å². The lowest BCUT2D eigenvalue weighted by Crippen LogP contribution is -2.15. The van der Waals surface area contributed by atoms with Crippen LogP contribution in [-0.4, -0.2) is 35.4 Å². The van der Waals surface area contributed by atoms with Gasteiger partial charge in [-0.25, -0.2) is 4.98 Å². The smallest absolute Gasteiger partial charge is 0.255 e. The van der Waals surface area contributed by atoms with E-state index < -0.39 is 0 Å². The summed E-state index contributed by atoms with van der Waals surface area (Å²) in [4.78, 5) is 30.4. The third-order valence-corrected chi connectivity index (χ3v) is 5.85. The molecule has 0 saturated heterocycles. The Morgan fingerprint density at radius 3 is 1.89 bits per heavy atom. The highest BCUT2D eigenvalue weighted by Crippen LogP contribution is 2.37. The molecule has 0 aliphatic heterocycles. The molecule has 0 unspecified atom stereocenters.